The quantitative estimate of drug-likeness (QED) is 0.903. The molecule has 2 aliphatic rings. The number of nitrogens with one attached hydrogen (secondary N) is 1. The molecule has 2 atom stereocenters. The highest BCUT2D eigenvalue weighted by molar-refractivity contribution is 7.91. The maximum atomic E-state index is 12.5. The predicted molar refractivity (Wildman–Crippen MR) is 89.8 cm³/mol. The molecule has 0 saturated heterocycles. The van der Waals surface area contributed by atoms with Gasteiger partial charge in [-0.15, -0.1) is 0 Å². The van der Waals surface area contributed by atoms with Crippen LogP contribution in [-0.2, 0) is 9.84 Å². The van der Waals surface area contributed by atoms with Crippen molar-refractivity contribution in [2.45, 2.75) is 69.4 Å². The van der Waals surface area contributed by atoms with Crippen LogP contribution in [-0.4, -0.2) is 26.3 Å². The number of hydrogen-bond acceptors (Lipinski definition) is 3. The van der Waals surface area contributed by atoms with Crippen LogP contribution in [0.1, 0.15) is 51.0 Å². The maximum Gasteiger partial charge on any atom is 0.179 e. The number of aryl methyl sites for hydroxylation is 1. The zero-order valence-electron chi connectivity index (χ0n) is 13.6. The first-order chi connectivity index (χ1) is 10.4. The van der Waals surface area contributed by atoms with Crippen molar-refractivity contribution in [2.24, 2.45) is 5.41 Å². The normalized spacial score (nSPS) is 25.1. The molecule has 122 valence electrons. The number of rotatable bonds is 5. The first kappa shape index (κ1) is 16.0. The third-order valence-electron chi connectivity index (χ3n) is 5.60. The van der Waals surface area contributed by atoms with E-state index in [0.717, 1.165) is 5.56 Å². The van der Waals surface area contributed by atoms with Crippen LogP contribution in [0.25, 0.3) is 0 Å². The molecule has 3 rings (SSSR count). The van der Waals surface area contributed by atoms with Gasteiger partial charge in [0.15, 0.2) is 9.84 Å². The highest BCUT2D eigenvalue weighted by Gasteiger charge is 2.48. The van der Waals surface area contributed by atoms with Gasteiger partial charge in [0, 0.05) is 12.1 Å². The summed E-state index contributed by atoms with van der Waals surface area (Å²) in [5.41, 5.74) is 1.57. The Bertz CT molecular complexity index is 615. The molecule has 1 aromatic carbocycles. The van der Waals surface area contributed by atoms with Crippen molar-refractivity contribution in [3.05, 3.63) is 29.8 Å². The van der Waals surface area contributed by atoms with Crippen LogP contribution in [0.2, 0.25) is 0 Å². The molecular weight excluding hydrogens is 294 g/mol. The molecule has 2 fully saturated rings. The number of hydrogen-bond donors (Lipinski definition) is 1. The van der Waals surface area contributed by atoms with E-state index in [1.807, 2.05) is 26.0 Å². The summed E-state index contributed by atoms with van der Waals surface area (Å²) in [6, 6.07) is 7.71. The molecule has 1 aromatic rings. The second-order valence-corrected chi connectivity index (χ2v) is 9.36. The van der Waals surface area contributed by atoms with E-state index in [9.17, 15) is 8.42 Å². The van der Waals surface area contributed by atoms with Gasteiger partial charge in [0.1, 0.15) is 0 Å². The van der Waals surface area contributed by atoms with Crippen LogP contribution >= 0.6 is 0 Å². The molecule has 22 heavy (non-hydrogen) atoms. The first-order valence-corrected chi connectivity index (χ1v) is 10.1. The second-order valence-electron chi connectivity index (χ2n) is 7.32. The standard InChI is InChI=1S/C18H27NO2S/c1-14-5-7-16(8-6-14)22(20,21)13-15(2)19-17-9-12-18(17)10-3-4-11-18/h5-8,15,17,19H,3-4,9-13H2,1-2H3. The summed E-state index contributed by atoms with van der Waals surface area (Å²) >= 11 is 0. The van der Waals surface area contributed by atoms with Crippen molar-refractivity contribution >= 4 is 9.84 Å². The molecule has 4 heteroatoms. The third kappa shape index (κ3) is 3.09. The lowest BCUT2D eigenvalue weighted by Gasteiger charge is -2.49. The number of sulfone groups is 1. The Morgan fingerprint density at radius 3 is 2.36 bits per heavy atom. The van der Waals surface area contributed by atoms with E-state index in [4.69, 9.17) is 0 Å². The van der Waals surface area contributed by atoms with Crippen molar-refractivity contribution in [1.29, 1.82) is 0 Å². The van der Waals surface area contributed by atoms with Crippen LogP contribution in [0.4, 0.5) is 0 Å². The summed E-state index contributed by atoms with van der Waals surface area (Å²) in [5.74, 6) is 0.183. The molecule has 2 saturated carbocycles. The molecule has 0 amide bonds. The highest BCUT2D eigenvalue weighted by Crippen LogP contribution is 2.53. The first-order valence-electron chi connectivity index (χ1n) is 8.47. The van der Waals surface area contributed by atoms with E-state index in [-0.39, 0.29) is 11.8 Å². The van der Waals surface area contributed by atoms with Crippen LogP contribution in [0.5, 0.6) is 0 Å². The Balaban J connectivity index is 1.61. The van der Waals surface area contributed by atoms with Crippen molar-refractivity contribution in [3.8, 4) is 0 Å². The molecule has 3 nitrogen and oxygen atoms in total. The van der Waals surface area contributed by atoms with E-state index in [0.29, 0.717) is 16.4 Å². The van der Waals surface area contributed by atoms with Crippen molar-refractivity contribution in [2.75, 3.05) is 5.75 Å². The summed E-state index contributed by atoms with van der Waals surface area (Å²) in [6.07, 6.45) is 7.85. The average Bonchev–Trinajstić information content (AvgIpc) is 2.96. The van der Waals surface area contributed by atoms with Gasteiger partial charge in [0.05, 0.1) is 10.6 Å². The highest BCUT2D eigenvalue weighted by atomic mass is 32.2. The monoisotopic (exact) mass is 321 g/mol. The summed E-state index contributed by atoms with van der Waals surface area (Å²) in [4.78, 5) is 0.441. The lowest BCUT2D eigenvalue weighted by molar-refractivity contribution is 0.0671. The molecule has 0 aliphatic heterocycles. The van der Waals surface area contributed by atoms with E-state index in [1.165, 1.54) is 38.5 Å². The molecule has 0 aromatic heterocycles. The van der Waals surface area contributed by atoms with Gasteiger partial charge in [-0.05, 0) is 57.1 Å². The van der Waals surface area contributed by atoms with Crippen LogP contribution in [0.3, 0.4) is 0 Å². The summed E-state index contributed by atoms with van der Waals surface area (Å²) in [6.45, 7) is 3.98. The smallest absolute Gasteiger partial charge is 0.179 e. The van der Waals surface area contributed by atoms with Gasteiger partial charge >= 0.3 is 0 Å². The molecule has 2 aliphatic carbocycles. The van der Waals surface area contributed by atoms with Crippen molar-refractivity contribution < 1.29 is 8.42 Å². The molecule has 0 bridgehead atoms. The van der Waals surface area contributed by atoms with Gasteiger partial charge in [0.25, 0.3) is 0 Å². The Morgan fingerprint density at radius 1 is 1.18 bits per heavy atom. The lowest BCUT2D eigenvalue weighted by atomic mass is 9.63. The second kappa shape index (κ2) is 5.97. The Morgan fingerprint density at radius 2 is 1.82 bits per heavy atom. The van der Waals surface area contributed by atoms with E-state index in [2.05, 4.69) is 5.32 Å². The van der Waals surface area contributed by atoms with Crippen LogP contribution in [0, 0.1) is 12.3 Å². The fourth-order valence-corrected chi connectivity index (χ4v) is 5.69. The topological polar surface area (TPSA) is 46.2 Å². The molecule has 1 N–H and O–H groups in total. The van der Waals surface area contributed by atoms with Crippen molar-refractivity contribution in [1.82, 2.24) is 5.32 Å². The van der Waals surface area contributed by atoms with Gasteiger partial charge < -0.3 is 5.32 Å². The minimum Gasteiger partial charge on any atom is -0.310 e. The minimum atomic E-state index is -3.20. The predicted octanol–water partition coefficient (Wildman–Crippen LogP) is 3.47. The van der Waals surface area contributed by atoms with Crippen LogP contribution in [0.15, 0.2) is 29.2 Å². The third-order valence-corrected chi connectivity index (χ3v) is 7.53. The number of benzene rings is 1. The molecule has 2 unspecified atom stereocenters. The van der Waals surface area contributed by atoms with E-state index in [1.54, 1.807) is 12.1 Å². The minimum absolute atomic E-state index is 0.00841. The van der Waals surface area contributed by atoms with Gasteiger partial charge in [-0.1, -0.05) is 30.5 Å². The van der Waals surface area contributed by atoms with Crippen molar-refractivity contribution in [3.63, 3.8) is 0 Å². The fourth-order valence-electron chi connectivity index (χ4n) is 4.20. The van der Waals surface area contributed by atoms with Gasteiger partial charge in [-0.2, -0.15) is 0 Å². The maximum absolute atomic E-state index is 12.5. The summed E-state index contributed by atoms with van der Waals surface area (Å²) in [5, 5.41) is 3.61. The molecule has 1 spiro atoms. The zero-order chi connectivity index (χ0) is 15.8. The van der Waals surface area contributed by atoms with E-state index >= 15 is 0 Å². The Kier molecular flexibility index (Phi) is 4.34. The molecule has 0 radical (unpaired) electrons. The average molecular weight is 321 g/mol. The largest absolute Gasteiger partial charge is 0.310 e. The summed E-state index contributed by atoms with van der Waals surface area (Å²) < 4.78 is 25.0. The molecule has 0 heterocycles. The lowest BCUT2D eigenvalue weighted by Crippen LogP contribution is -2.55. The summed E-state index contributed by atoms with van der Waals surface area (Å²) in [7, 11) is -3.20. The van der Waals surface area contributed by atoms with Gasteiger partial charge in [0.2, 0.25) is 0 Å². The van der Waals surface area contributed by atoms with E-state index < -0.39 is 9.84 Å². The SMILES string of the molecule is Cc1ccc(S(=O)(=O)CC(C)NC2CCC23CCCC3)cc1. The van der Waals surface area contributed by atoms with Gasteiger partial charge in [-0.3, -0.25) is 0 Å². The van der Waals surface area contributed by atoms with Gasteiger partial charge in [-0.25, -0.2) is 8.42 Å². The molecular formula is C18H27NO2S. The fraction of sp³-hybridized carbons (Fsp3) is 0.667. The zero-order valence-corrected chi connectivity index (χ0v) is 14.5. The van der Waals surface area contributed by atoms with Crippen LogP contribution < -0.4 is 5.32 Å². The Labute approximate surface area is 134 Å². The Hall–Kier alpha value is -0.870.